The number of phenolic OH excluding ortho intramolecular Hbond substituents is 2. The van der Waals surface area contributed by atoms with Gasteiger partial charge in [-0.1, -0.05) is 0 Å². The highest BCUT2D eigenvalue weighted by atomic mass is 16.5. The van der Waals surface area contributed by atoms with Crippen LogP contribution in [-0.4, -0.2) is 34.9 Å². The molecule has 1 aromatic rings. The molecule has 5 heteroatoms. The minimum atomic E-state index is -0.372. The van der Waals surface area contributed by atoms with Crippen LogP contribution in [-0.2, 0) is 4.74 Å². The molecule has 0 atom stereocenters. The summed E-state index contributed by atoms with van der Waals surface area (Å²) in [6, 6.07) is 3.97. The number of hydrogen-bond acceptors (Lipinski definition) is 4. The molecule has 0 unspecified atom stereocenters. The molecular formula is C13H17NO4. The largest absolute Gasteiger partial charge is 0.508 e. The van der Waals surface area contributed by atoms with E-state index >= 15 is 0 Å². The van der Waals surface area contributed by atoms with Crippen LogP contribution in [0.3, 0.4) is 0 Å². The van der Waals surface area contributed by atoms with Crippen LogP contribution in [0.15, 0.2) is 18.2 Å². The Morgan fingerprint density at radius 2 is 2.17 bits per heavy atom. The number of rotatable bonds is 4. The summed E-state index contributed by atoms with van der Waals surface area (Å²) < 4.78 is 5.40. The molecule has 1 aliphatic rings. The van der Waals surface area contributed by atoms with E-state index in [0.717, 1.165) is 12.8 Å². The fourth-order valence-corrected chi connectivity index (χ4v) is 2.02. The summed E-state index contributed by atoms with van der Waals surface area (Å²) in [6.45, 7) is 2.62. The molecule has 1 fully saturated rings. The number of hydrogen-bond donors (Lipinski definition) is 3. The second-order valence-corrected chi connectivity index (χ2v) is 4.42. The topological polar surface area (TPSA) is 78.8 Å². The number of amides is 1. The van der Waals surface area contributed by atoms with Crippen LogP contribution in [0.4, 0.5) is 0 Å². The van der Waals surface area contributed by atoms with Crippen molar-refractivity contribution in [2.75, 3.05) is 6.61 Å². The van der Waals surface area contributed by atoms with Gasteiger partial charge in [0.05, 0.1) is 11.7 Å². The van der Waals surface area contributed by atoms with E-state index in [1.807, 2.05) is 6.92 Å². The molecule has 5 nitrogen and oxygen atoms in total. The van der Waals surface area contributed by atoms with Gasteiger partial charge in [0, 0.05) is 12.6 Å². The monoisotopic (exact) mass is 251 g/mol. The third-order valence-corrected chi connectivity index (χ3v) is 3.06. The summed E-state index contributed by atoms with van der Waals surface area (Å²) in [5.74, 6) is -0.548. The van der Waals surface area contributed by atoms with Crippen molar-refractivity contribution < 1.29 is 19.7 Å². The molecule has 0 aromatic heterocycles. The number of phenols is 2. The maximum Gasteiger partial charge on any atom is 0.255 e. The van der Waals surface area contributed by atoms with Crippen molar-refractivity contribution >= 4 is 5.91 Å². The van der Waals surface area contributed by atoms with Crippen molar-refractivity contribution in [1.29, 1.82) is 0 Å². The quantitative estimate of drug-likeness (QED) is 0.707. The molecule has 0 aliphatic heterocycles. The Morgan fingerprint density at radius 1 is 1.44 bits per heavy atom. The first-order valence-electron chi connectivity index (χ1n) is 6.04. The summed E-state index contributed by atoms with van der Waals surface area (Å²) in [5, 5.41) is 21.6. The third-order valence-electron chi connectivity index (χ3n) is 3.06. The standard InChI is InChI=1S/C13H17NO4/c1-2-18-10-5-8(6-10)14-13(17)11-7-9(15)3-4-12(11)16/h3-4,7-8,10,15-16H,2,5-6H2,1H3,(H,14,17). The number of benzene rings is 1. The van der Waals surface area contributed by atoms with E-state index in [-0.39, 0.29) is 35.1 Å². The van der Waals surface area contributed by atoms with Crippen LogP contribution in [0.5, 0.6) is 11.5 Å². The van der Waals surface area contributed by atoms with Gasteiger partial charge in [-0.25, -0.2) is 0 Å². The average molecular weight is 251 g/mol. The Kier molecular flexibility index (Phi) is 3.72. The first-order valence-corrected chi connectivity index (χ1v) is 6.04. The van der Waals surface area contributed by atoms with Gasteiger partial charge in [0.1, 0.15) is 11.5 Å². The van der Waals surface area contributed by atoms with E-state index in [4.69, 9.17) is 4.74 Å². The van der Waals surface area contributed by atoms with Crippen LogP contribution < -0.4 is 5.32 Å². The van der Waals surface area contributed by atoms with E-state index in [0.29, 0.717) is 6.61 Å². The zero-order valence-electron chi connectivity index (χ0n) is 10.2. The highest BCUT2D eigenvalue weighted by Gasteiger charge is 2.31. The first kappa shape index (κ1) is 12.7. The Bertz CT molecular complexity index is 441. The summed E-state index contributed by atoms with van der Waals surface area (Å²) in [6.07, 6.45) is 1.80. The van der Waals surface area contributed by atoms with Gasteiger partial charge in [-0.15, -0.1) is 0 Å². The van der Waals surface area contributed by atoms with Crippen LogP contribution in [0.2, 0.25) is 0 Å². The second kappa shape index (κ2) is 5.27. The van der Waals surface area contributed by atoms with Crippen molar-refractivity contribution in [2.45, 2.75) is 31.9 Å². The Hall–Kier alpha value is -1.75. The molecule has 1 amide bonds. The zero-order chi connectivity index (χ0) is 13.1. The van der Waals surface area contributed by atoms with Crippen molar-refractivity contribution in [3.05, 3.63) is 23.8 Å². The van der Waals surface area contributed by atoms with E-state index in [1.165, 1.54) is 18.2 Å². The minimum absolute atomic E-state index is 0.0428. The van der Waals surface area contributed by atoms with E-state index in [2.05, 4.69) is 5.32 Å². The predicted octanol–water partition coefficient (Wildman–Crippen LogP) is 1.40. The van der Waals surface area contributed by atoms with Gasteiger partial charge in [0.15, 0.2) is 0 Å². The molecule has 0 radical (unpaired) electrons. The van der Waals surface area contributed by atoms with Gasteiger partial charge in [-0.3, -0.25) is 4.79 Å². The average Bonchev–Trinajstić information content (AvgIpc) is 2.29. The van der Waals surface area contributed by atoms with Gasteiger partial charge >= 0.3 is 0 Å². The second-order valence-electron chi connectivity index (χ2n) is 4.42. The molecule has 0 spiro atoms. The molecule has 1 aliphatic carbocycles. The number of aromatic hydroxyl groups is 2. The maximum atomic E-state index is 11.9. The SMILES string of the molecule is CCOC1CC(NC(=O)c2cc(O)ccc2O)C1. The van der Waals surface area contributed by atoms with E-state index < -0.39 is 0 Å². The van der Waals surface area contributed by atoms with Gasteiger partial charge in [0.25, 0.3) is 5.91 Å². The molecule has 0 heterocycles. The molecule has 1 aromatic carbocycles. The van der Waals surface area contributed by atoms with Crippen LogP contribution >= 0.6 is 0 Å². The van der Waals surface area contributed by atoms with Crippen LogP contribution in [0.1, 0.15) is 30.1 Å². The van der Waals surface area contributed by atoms with Gasteiger partial charge in [-0.05, 0) is 38.0 Å². The molecule has 3 N–H and O–H groups in total. The Labute approximate surface area is 105 Å². The third kappa shape index (κ3) is 2.73. The predicted molar refractivity (Wildman–Crippen MR) is 65.7 cm³/mol. The molecular weight excluding hydrogens is 234 g/mol. The van der Waals surface area contributed by atoms with Crippen molar-refractivity contribution in [3.63, 3.8) is 0 Å². The molecule has 0 bridgehead atoms. The first-order chi connectivity index (χ1) is 8.60. The lowest BCUT2D eigenvalue weighted by Crippen LogP contribution is -2.47. The summed E-state index contributed by atoms with van der Waals surface area (Å²) in [4.78, 5) is 11.9. The molecule has 0 saturated heterocycles. The number of ether oxygens (including phenoxy) is 1. The van der Waals surface area contributed by atoms with Gasteiger partial charge in [-0.2, -0.15) is 0 Å². The maximum absolute atomic E-state index is 11.9. The number of nitrogens with one attached hydrogen (secondary N) is 1. The van der Waals surface area contributed by atoms with Crippen molar-refractivity contribution in [3.8, 4) is 11.5 Å². The Morgan fingerprint density at radius 3 is 2.83 bits per heavy atom. The highest BCUT2D eigenvalue weighted by Crippen LogP contribution is 2.26. The van der Waals surface area contributed by atoms with Crippen molar-refractivity contribution in [1.82, 2.24) is 5.32 Å². The highest BCUT2D eigenvalue weighted by molar-refractivity contribution is 5.97. The number of carbonyl (C=O) groups is 1. The van der Waals surface area contributed by atoms with Crippen LogP contribution in [0.25, 0.3) is 0 Å². The Balaban J connectivity index is 1.91. The summed E-state index contributed by atoms with van der Waals surface area (Å²) in [7, 11) is 0. The molecule has 98 valence electrons. The van der Waals surface area contributed by atoms with Crippen molar-refractivity contribution in [2.24, 2.45) is 0 Å². The molecule has 1 saturated carbocycles. The lowest BCUT2D eigenvalue weighted by Gasteiger charge is -2.35. The molecule has 2 rings (SSSR count). The smallest absolute Gasteiger partial charge is 0.255 e. The minimum Gasteiger partial charge on any atom is -0.508 e. The normalized spacial score (nSPS) is 22.3. The fourth-order valence-electron chi connectivity index (χ4n) is 2.02. The lowest BCUT2D eigenvalue weighted by molar-refractivity contribution is -0.00864. The number of carbonyl (C=O) groups excluding carboxylic acids is 1. The van der Waals surface area contributed by atoms with E-state index in [1.54, 1.807) is 0 Å². The zero-order valence-corrected chi connectivity index (χ0v) is 10.2. The summed E-state index contributed by atoms with van der Waals surface area (Å²) in [5.41, 5.74) is 0.0925. The lowest BCUT2D eigenvalue weighted by atomic mass is 9.89. The van der Waals surface area contributed by atoms with Crippen LogP contribution in [0, 0.1) is 0 Å². The summed E-state index contributed by atoms with van der Waals surface area (Å²) >= 11 is 0. The molecule has 18 heavy (non-hydrogen) atoms. The fraction of sp³-hybridized carbons (Fsp3) is 0.462. The van der Waals surface area contributed by atoms with E-state index in [9.17, 15) is 15.0 Å². The van der Waals surface area contributed by atoms with Gasteiger partial charge < -0.3 is 20.3 Å². The van der Waals surface area contributed by atoms with Gasteiger partial charge in [0.2, 0.25) is 0 Å².